The lowest BCUT2D eigenvalue weighted by Gasteiger charge is -2.35. The topological polar surface area (TPSA) is 41.8 Å². The lowest BCUT2D eigenvalue weighted by Crippen LogP contribution is -2.49. The minimum Gasteiger partial charge on any atom is -0.374 e. The van der Waals surface area contributed by atoms with Gasteiger partial charge in [-0.2, -0.15) is 0 Å². The molecule has 4 heterocycles. The number of nitrogens with zero attached hydrogens (tertiary/aromatic N) is 3. The first-order valence-electron chi connectivity index (χ1n) is 7.36. The van der Waals surface area contributed by atoms with E-state index in [0.29, 0.717) is 12.1 Å². The largest absolute Gasteiger partial charge is 0.374 e. The molecule has 0 saturated carbocycles. The number of imidazole rings is 1. The van der Waals surface area contributed by atoms with Crippen LogP contribution in [0.2, 0.25) is 0 Å². The highest BCUT2D eigenvalue weighted by atomic mass is 32.1. The van der Waals surface area contributed by atoms with Crippen molar-refractivity contribution in [3.8, 4) is 0 Å². The highest BCUT2D eigenvalue weighted by Crippen LogP contribution is 2.22. The number of hydrogen-bond donors (Lipinski definition) is 1. The van der Waals surface area contributed by atoms with E-state index in [1.807, 2.05) is 6.20 Å². The molecule has 2 aromatic rings. The molecule has 0 aliphatic carbocycles. The van der Waals surface area contributed by atoms with E-state index < -0.39 is 0 Å². The van der Waals surface area contributed by atoms with Gasteiger partial charge in [-0.1, -0.05) is 0 Å². The van der Waals surface area contributed by atoms with Crippen molar-refractivity contribution in [2.45, 2.75) is 31.5 Å². The van der Waals surface area contributed by atoms with Gasteiger partial charge in [-0.15, -0.1) is 11.3 Å². The van der Waals surface area contributed by atoms with Crippen LogP contribution in [0.4, 0.5) is 0 Å². The molecule has 0 aromatic carbocycles. The summed E-state index contributed by atoms with van der Waals surface area (Å²) in [6, 6.07) is 0.686. The van der Waals surface area contributed by atoms with Crippen LogP contribution in [-0.4, -0.2) is 52.7 Å². The van der Waals surface area contributed by atoms with Crippen LogP contribution in [0.3, 0.4) is 0 Å². The third-order valence-electron chi connectivity index (χ3n) is 4.28. The summed E-state index contributed by atoms with van der Waals surface area (Å²) < 4.78 is 8.02. The van der Waals surface area contributed by atoms with Gasteiger partial charge in [0.2, 0.25) is 0 Å². The van der Waals surface area contributed by atoms with Gasteiger partial charge in [-0.3, -0.25) is 9.30 Å². The van der Waals surface area contributed by atoms with Crippen molar-refractivity contribution in [3.63, 3.8) is 0 Å². The summed E-state index contributed by atoms with van der Waals surface area (Å²) in [7, 11) is 0. The molecule has 2 aliphatic heterocycles. The molecule has 0 spiro atoms. The molecular formula is C14H20N4OS. The van der Waals surface area contributed by atoms with Crippen LogP contribution in [0.1, 0.15) is 18.5 Å². The Labute approximate surface area is 122 Å². The number of morpholine rings is 1. The third-order valence-corrected chi connectivity index (χ3v) is 5.05. The normalized spacial score (nSPS) is 27.2. The SMILES string of the molecule is c1cn2cc(CNCC3CN4CCCC4CO3)nc2s1. The van der Waals surface area contributed by atoms with Gasteiger partial charge in [0.1, 0.15) is 0 Å². The Morgan fingerprint density at radius 2 is 2.50 bits per heavy atom. The molecule has 0 bridgehead atoms. The van der Waals surface area contributed by atoms with E-state index in [1.165, 1.54) is 19.4 Å². The first-order valence-corrected chi connectivity index (χ1v) is 8.24. The van der Waals surface area contributed by atoms with Crippen molar-refractivity contribution in [2.24, 2.45) is 0 Å². The molecule has 6 heteroatoms. The second kappa shape index (κ2) is 5.44. The fraction of sp³-hybridized carbons (Fsp3) is 0.643. The molecule has 2 fully saturated rings. The van der Waals surface area contributed by atoms with E-state index in [1.54, 1.807) is 11.3 Å². The minimum atomic E-state index is 0.327. The third kappa shape index (κ3) is 2.48. The van der Waals surface area contributed by atoms with Crippen molar-refractivity contribution in [1.82, 2.24) is 19.6 Å². The number of rotatable bonds is 4. The Bertz CT molecular complexity index is 552. The zero-order valence-electron chi connectivity index (χ0n) is 11.5. The molecule has 2 atom stereocenters. The summed E-state index contributed by atoms with van der Waals surface area (Å²) in [4.78, 5) is 8.23. The van der Waals surface area contributed by atoms with Crippen molar-refractivity contribution < 1.29 is 4.74 Å². The fourth-order valence-corrected chi connectivity index (χ4v) is 3.95. The quantitative estimate of drug-likeness (QED) is 0.923. The Morgan fingerprint density at radius 3 is 3.45 bits per heavy atom. The molecule has 1 N–H and O–H groups in total. The summed E-state index contributed by atoms with van der Waals surface area (Å²) in [5.41, 5.74) is 1.10. The number of aromatic nitrogens is 2. The van der Waals surface area contributed by atoms with Crippen molar-refractivity contribution in [2.75, 3.05) is 26.2 Å². The summed E-state index contributed by atoms with van der Waals surface area (Å²) in [6.45, 7) is 4.97. The molecule has 2 saturated heterocycles. The monoisotopic (exact) mass is 292 g/mol. The Balaban J connectivity index is 1.27. The Hall–Kier alpha value is -0.950. The van der Waals surface area contributed by atoms with Crippen LogP contribution < -0.4 is 5.32 Å². The molecule has 2 unspecified atom stereocenters. The average molecular weight is 292 g/mol. The maximum atomic E-state index is 5.95. The predicted molar refractivity (Wildman–Crippen MR) is 79.1 cm³/mol. The minimum absolute atomic E-state index is 0.327. The average Bonchev–Trinajstić information content (AvgIpc) is 3.12. The zero-order valence-corrected chi connectivity index (χ0v) is 12.3. The highest BCUT2D eigenvalue weighted by molar-refractivity contribution is 7.15. The number of nitrogens with one attached hydrogen (secondary N) is 1. The van der Waals surface area contributed by atoms with Crippen molar-refractivity contribution in [3.05, 3.63) is 23.5 Å². The molecule has 4 rings (SSSR count). The summed E-state index contributed by atoms with van der Waals surface area (Å²) in [6.07, 6.45) is 7.12. The van der Waals surface area contributed by atoms with E-state index in [4.69, 9.17) is 4.74 Å². The first-order chi connectivity index (χ1) is 9.88. The van der Waals surface area contributed by atoms with Crippen LogP contribution in [0.25, 0.3) is 4.96 Å². The lowest BCUT2D eigenvalue weighted by atomic mass is 10.2. The molecule has 0 amide bonds. The number of fused-ring (bicyclic) bond motifs is 2. The van der Waals surface area contributed by atoms with E-state index in [2.05, 4.69) is 31.2 Å². The van der Waals surface area contributed by atoms with Crippen molar-refractivity contribution >= 4 is 16.3 Å². The summed E-state index contributed by atoms with van der Waals surface area (Å²) in [5, 5.41) is 5.54. The van der Waals surface area contributed by atoms with Crippen LogP contribution in [0, 0.1) is 0 Å². The van der Waals surface area contributed by atoms with Gasteiger partial charge >= 0.3 is 0 Å². The van der Waals surface area contributed by atoms with Crippen LogP contribution in [-0.2, 0) is 11.3 Å². The molecular weight excluding hydrogens is 272 g/mol. The van der Waals surface area contributed by atoms with Gasteiger partial charge in [0.25, 0.3) is 0 Å². The number of ether oxygens (including phenoxy) is 1. The predicted octanol–water partition coefficient (Wildman–Crippen LogP) is 1.35. The molecule has 2 aromatic heterocycles. The van der Waals surface area contributed by atoms with Gasteiger partial charge in [-0.05, 0) is 19.4 Å². The molecule has 0 radical (unpaired) electrons. The first kappa shape index (κ1) is 12.8. The summed E-state index contributed by atoms with van der Waals surface area (Å²) >= 11 is 1.67. The van der Waals surface area contributed by atoms with E-state index in [-0.39, 0.29) is 0 Å². The van der Waals surface area contributed by atoms with Gasteiger partial charge in [0.05, 0.1) is 18.4 Å². The second-order valence-corrected chi connectivity index (χ2v) is 6.58. The lowest BCUT2D eigenvalue weighted by molar-refractivity contribution is -0.0470. The Morgan fingerprint density at radius 1 is 1.50 bits per heavy atom. The molecule has 108 valence electrons. The van der Waals surface area contributed by atoms with E-state index in [0.717, 1.165) is 36.9 Å². The highest BCUT2D eigenvalue weighted by Gasteiger charge is 2.31. The van der Waals surface area contributed by atoms with Crippen LogP contribution >= 0.6 is 11.3 Å². The molecule has 20 heavy (non-hydrogen) atoms. The van der Waals surface area contributed by atoms with Gasteiger partial charge in [0.15, 0.2) is 4.96 Å². The maximum Gasteiger partial charge on any atom is 0.193 e. The van der Waals surface area contributed by atoms with E-state index in [9.17, 15) is 0 Å². The zero-order chi connectivity index (χ0) is 13.4. The maximum absolute atomic E-state index is 5.95. The molecule has 2 aliphatic rings. The number of thiazole rings is 1. The molecule has 5 nitrogen and oxygen atoms in total. The Kier molecular flexibility index (Phi) is 3.47. The standard InChI is InChI=1S/C14H20N4OS/c1-2-12-10-19-13(9-17(12)3-1)7-15-6-11-8-18-4-5-20-14(18)16-11/h4-5,8,12-13,15H,1-3,6-7,9-10H2. The second-order valence-electron chi connectivity index (χ2n) is 5.70. The fourth-order valence-electron chi connectivity index (χ4n) is 3.23. The van der Waals surface area contributed by atoms with E-state index >= 15 is 0 Å². The summed E-state index contributed by atoms with van der Waals surface area (Å²) in [5.74, 6) is 0. The van der Waals surface area contributed by atoms with Gasteiger partial charge in [0, 0.05) is 43.4 Å². The number of hydrogen-bond acceptors (Lipinski definition) is 5. The van der Waals surface area contributed by atoms with Crippen LogP contribution in [0.5, 0.6) is 0 Å². The van der Waals surface area contributed by atoms with Crippen LogP contribution in [0.15, 0.2) is 17.8 Å². The van der Waals surface area contributed by atoms with Gasteiger partial charge < -0.3 is 10.1 Å². The van der Waals surface area contributed by atoms with Gasteiger partial charge in [-0.25, -0.2) is 4.98 Å². The smallest absolute Gasteiger partial charge is 0.193 e. The van der Waals surface area contributed by atoms with Crippen molar-refractivity contribution in [1.29, 1.82) is 0 Å².